The van der Waals surface area contributed by atoms with Crippen LogP contribution in [0.25, 0.3) is 0 Å². The van der Waals surface area contributed by atoms with Crippen LogP contribution in [0.1, 0.15) is 37.8 Å². The summed E-state index contributed by atoms with van der Waals surface area (Å²) >= 11 is 0. The van der Waals surface area contributed by atoms with E-state index in [1.165, 1.54) is 11.3 Å². The zero-order valence-corrected chi connectivity index (χ0v) is 17.1. The molecule has 1 fully saturated rings. The number of carbonyl (C=O) groups is 1. The van der Waals surface area contributed by atoms with Gasteiger partial charge in [-0.15, -0.1) is 0 Å². The summed E-state index contributed by atoms with van der Waals surface area (Å²) in [6, 6.07) is 14.5. The molecule has 0 saturated carbocycles. The Hall–Kier alpha value is -2.53. The SMILES string of the molecule is CC(C)C(=O)[C@@H]1N(Cc2cccc3c2OCO3)c2ccccc2C12CCNCC2. The first-order chi connectivity index (χ1) is 14.1. The molecule has 0 aromatic heterocycles. The molecule has 1 saturated heterocycles. The fourth-order valence-electron chi connectivity index (χ4n) is 5.36. The van der Waals surface area contributed by atoms with Gasteiger partial charge >= 0.3 is 0 Å². The minimum Gasteiger partial charge on any atom is -0.454 e. The largest absolute Gasteiger partial charge is 0.454 e. The third kappa shape index (κ3) is 2.83. The maximum atomic E-state index is 13.6. The molecule has 0 unspecified atom stereocenters. The number of Topliss-reactive ketones (excluding diaryl/α,β-unsaturated/α-hetero) is 1. The lowest BCUT2D eigenvalue weighted by molar-refractivity contribution is -0.125. The minimum absolute atomic E-state index is 0.00959. The molecule has 5 nitrogen and oxygen atoms in total. The summed E-state index contributed by atoms with van der Waals surface area (Å²) in [4.78, 5) is 15.9. The molecule has 3 aliphatic heterocycles. The normalized spacial score (nSPS) is 21.6. The number of para-hydroxylation sites is 2. The van der Waals surface area contributed by atoms with Crippen molar-refractivity contribution < 1.29 is 14.3 Å². The number of anilines is 1. The van der Waals surface area contributed by atoms with Gasteiger partial charge in [-0.3, -0.25) is 4.79 Å². The zero-order chi connectivity index (χ0) is 20.0. The van der Waals surface area contributed by atoms with Gasteiger partial charge in [0.1, 0.15) is 0 Å². The van der Waals surface area contributed by atoms with Crippen molar-refractivity contribution in [3.05, 3.63) is 53.6 Å². The first kappa shape index (κ1) is 18.5. The van der Waals surface area contributed by atoms with Crippen molar-refractivity contribution in [3.63, 3.8) is 0 Å². The zero-order valence-electron chi connectivity index (χ0n) is 17.1. The van der Waals surface area contributed by atoms with Crippen LogP contribution < -0.4 is 19.7 Å². The summed E-state index contributed by atoms with van der Waals surface area (Å²) in [6.07, 6.45) is 1.96. The van der Waals surface area contributed by atoms with E-state index >= 15 is 0 Å². The number of fused-ring (bicyclic) bond motifs is 3. The van der Waals surface area contributed by atoms with E-state index in [4.69, 9.17) is 9.47 Å². The molecule has 0 amide bonds. The molecule has 1 spiro atoms. The van der Waals surface area contributed by atoms with E-state index in [1.54, 1.807) is 0 Å². The summed E-state index contributed by atoms with van der Waals surface area (Å²) in [5.41, 5.74) is 3.45. The molecule has 1 N–H and O–H groups in total. The molecule has 1 atom stereocenters. The van der Waals surface area contributed by atoms with Crippen molar-refractivity contribution >= 4 is 11.5 Å². The Morgan fingerprint density at radius 3 is 2.72 bits per heavy atom. The van der Waals surface area contributed by atoms with Crippen LogP contribution in [0.4, 0.5) is 5.69 Å². The maximum absolute atomic E-state index is 13.6. The van der Waals surface area contributed by atoms with Crippen molar-refractivity contribution in [2.75, 3.05) is 24.8 Å². The standard InChI is InChI=1S/C24H28N2O3/c1-16(2)21(27)23-24(10-12-25-13-11-24)18-7-3-4-8-19(18)26(23)14-17-6-5-9-20-22(17)29-15-28-20/h3-9,16,23,25H,10-15H2,1-2H3/t23-/m0/s1. The summed E-state index contributed by atoms with van der Waals surface area (Å²) in [7, 11) is 0. The Kier molecular flexibility index (Phi) is 4.50. The average Bonchev–Trinajstić information content (AvgIpc) is 3.31. The van der Waals surface area contributed by atoms with Crippen molar-refractivity contribution in [3.8, 4) is 11.5 Å². The molecular formula is C24H28N2O3. The second-order valence-electron chi connectivity index (χ2n) is 8.66. The van der Waals surface area contributed by atoms with Crippen LogP contribution in [0.15, 0.2) is 42.5 Å². The van der Waals surface area contributed by atoms with Crippen molar-refractivity contribution in [2.45, 2.75) is 44.7 Å². The van der Waals surface area contributed by atoms with Gasteiger partial charge in [-0.05, 0) is 43.6 Å². The molecule has 152 valence electrons. The van der Waals surface area contributed by atoms with Crippen LogP contribution in [-0.4, -0.2) is 31.7 Å². The summed E-state index contributed by atoms with van der Waals surface area (Å²) in [5, 5.41) is 3.49. The van der Waals surface area contributed by atoms with E-state index in [2.05, 4.69) is 40.5 Å². The van der Waals surface area contributed by atoms with Crippen LogP contribution in [0.2, 0.25) is 0 Å². The highest BCUT2D eigenvalue weighted by atomic mass is 16.7. The molecule has 2 aromatic carbocycles. The van der Waals surface area contributed by atoms with Crippen LogP contribution in [0.5, 0.6) is 11.5 Å². The number of benzene rings is 2. The number of piperidine rings is 1. The fraction of sp³-hybridized carbons (Fsp3) is 0.458. The third-order valence-electron chi connectivity index (χ3n) is 6.74. The van der Waals surface area contributed by atoms with Crippen molar-refractivity contribution in [1.29, 1.82) is 0 Å². The Balaban J connectivity index is 1.63. The Bertz CT molecular complexity index is 933. The van der Waals surface area contributed by atoms with E-state index in [0.717, 1.165) is 43.0 Å². The van der Waals surface area contributed by atoms with Crippen molar-refractivity contribution in [1.82, 2.24) is 5.32 Å². The summed E-state index contributed by atoms with van der Waals surface area (Å²) in [6.45, 7) is 6.84. The second kappa shape index (κ2) is 7.06. The first-order valence-electron chi connectivity index (χ1n) is 10.6. The lowest BCUT2D eigenvalue weighted by atomic mass is 9.67. The highest BCUT2D eigenvalue weighted by Gasteiger charge is 2.54. The van der Waals surface area contributed by atoms with Gasteiger partial charge in [0, 0.05) is 29.1 Å². The van der Waals surface area contributed by atoms with Gasteiger partial charge in [-0.1, -0.05) is 44.2 Å². The molecule has 3 aliphatic rings. The maximum Gasteiger partial charge on any atom is 0.231 e. The highest BCUT2D eigenvalue weighted by Crippen LogP contribution is 2.52. The molecule has 0 bridgehead atoms. The summed E-state index contributed by atoms with van der Waals surface area (Å²) in [5.74, 6) is 1.92. The number of nitrogens with one attached hydrogen (secondary N) is 1. The molecular weight excluding hydrogens is 364 g/mol. The monoisotopic (exact) mass is 392 g/mol. The second-order valence-corrected chi connectivity index (χ2v) is 8.66. The molecule has 0 radical (unpaired) electrons. The van der Waals surface area contributed by atoms with Crippen LogP contribution in [0.3, 0.4) is 0 Å². The highest BCUT2D eigenvalue weighted by molar-refractivity contribution is 5.93. The lowest BCUT2D eigenvalue weighted by Crippen LogP contribution is -2.55. The van der Waals surface area contributed by atoms with Gasteiger partial charge < -0.3 is 19.7 Å². The van der Waals surface area contributed by atoms with Crippen LogP contribution in [-0.2, 0) is 16.8 Å². The van der Waals surface area contributed by atoms with Gasteiger partial charge in [0.25, 0.3) is 0 Å². The first-order valence-corrected chi connectivity index (χ1v) is 10.6. The quantitative estimate of drug-likeness (QED) is 0.861. The molecule has 5 heteroatoms. The number of rotatable bonds is 4. The van der Waals surface area contributed by atoms with Gasteiger partial charge in [0.2, 0.25) is 6.79 Å². The number of ketones is 1. The van der Waals surface area contributed by atoms with E-state index in [1.807, 2.05) is 26.0 Å². The van der Waals surface area contributed by atoms with Crippen molar-refractivity contribution in [2.24, 2.45) is 5.92 Å². The number of ether oxygens (including phenoxy) is 2. The van der Waals surface area contributed by atoms with Crippen LogP contribution >= 0.6 is 0 Å². The average molecular weight is 392 g/mol. The number of hydrogen-bond acceptors (Lipinski definition) is 5. The van der Waals surface area contributed by atoms with Gasteiger partial charge in [0.15, 0.2) is 17.3 Å². The van der Waals surface area contributed by atoms with Gasteiger partial charge in [0.05, 0.1) is 6.04 Å². The summed E-state index contributed by atoms with van der Waals surface area (Å²) < 4.78 is 11.3. The number of hydrogen-bond donors (Lipinski definition) is 1. The molecule has 29 heavy (non-hydrogen) atoms. The predicted molar refractivity (Wildman–Crippen MR) is 113 cm³/mol. The Labute approximate surface area is 172 Å². The predicted octanol–water partition coefficient (Wildman–Crippen LogP) is 3.65. The Morgan fingerprint density at radius 2 is 1.93 bits per heavy atom. The molecule has 2 aromatic rings. The molecule has 5 rings (SSSR count). The third-order valence-corrected chi connectivity index (χ3v) is 6.74. The van der Waals surface area contributed by atoms with Crippen LogP contribution in [0, 0.1) is 5.92 Å². The molecule has 3 heterocycles. The number of carbonyl (C=O) groups excluding carboxylic acids is 1. The van der Waals surface area contributed by atoms with E-state index in [9.17, 15) is 4.79 Å². The smallest absolute Gasteiger partial charge is 0.231 e. The van der Waals surface area contributed by atoms with E-state index in [-0.39, 0.29) is 24.2 Å². The fourth-order valence-corrected chi connectivity index (χ4v) is 5.36. The van der Waals surface area contributed by atoms with E-state index < -0.39 is 0 Å². The minimum atomic E-state index is -0.153. The topological polar surface area (TPSA) is 50.8 Å². The molecule has 0 aliphatic carbocycles. The van der Waals surface area contributed by atoms with E-state index in [0.29, 0.717) is 12.3 Å². The number of nitrogens with zero attached hydrogens (tertiary/aromatic N) is 1. The lowest BCUT2D eigenvalue weighted by Gasteiger charge is -2.42. The van der Waals surface area contributed by atoms with Gasteiger partial charge in [-0.2, -0.15) is 0 Å². The van der Waals surface area contributed by atoms with Gasteiger partial charge in [-0.25, -0.2) is 0 Å². The Morgan fingerprint density at radius 1 is 1.14 bits per heavy atom.